The number of aliphatic hydroxyl groups is 1. The molecule has 1 unspecified atom stereocenters. The fourth-order valence-electron chi connectivity index (χ4n) is 1.91. The number of nitrogens with one attached hydrogen (secondary N) is 1. The van der Waals surface area contributed by atoms with Crippen LogP contribution in [0.5, 0.6) is 0 Å². The van der Waals surface area contributed by atoms with E-state index in [0.717, 1.165) is 18.7 Å². The first-order valence-corrected chi connectivity index (χ1v) is 6.18. The van der Waals surface area contributed by atoms with E-state index in [1.807, 2.05) is 35.3 Å². The zero-order chi connectivity index (χ0) is 12.8. The zero-order valence-electron chi connectivity index (χ0n) is 10.6. The lowest BCUT2D eigenvalue weighted by Crippen LogP contribution is -2.23. The van der Waals surface area contributed by atoms with Crippen molar-refractivity contribution in [3.8, 4) is 0 Å². The Balaban J connectivity index is 1.85. The molecule has 96 valence electrons. The van der Waals surface area contributed by atoms with Crippen LogP contribution in [0.4, 0.5) is 0 Å². The fourth-order valence-corrected chi connectivity index (χ4v) is 1.91. The number of aromatic nitrogens is 2. The van der Waals surface area contributed by atoms with Crippen LogP contribution < -0.4 is 5.32 Å². The van der Waals surface area contributed by atoms with Crippen LogP contribution in [-0.4, -0.2) is 21.2 Å². The van der Waals surface area contributed by atoms with Crippen LogP contribution in [0.15, 0.2) is 43.0 Å². The molecule has 0 aliphatic heterocycles. The minimum atomic E-state index is 0.0929. The van der Waals surface area contributed by atoms with Crippen molar-refractivity contribution in [2.24, 2.45) is 0 Å². The molecule has 1 aromatic carbocycles. The first-order valence-electron chi connectivity index (χ1n) is 6.18. The molecule has 1 heterocycles. The van der Waals surface area contributed by atoms with Crippen molar-refractivity contribution in [3.05, 3.63) is 54.1 Å². The van der Waals surface area contributed by atoms with Crippen molar-refractivity contribution in [1.82, 2.24) is 14.9 Å². The Kier molecular flexibility index (Phi) is 4.50. The topological polar surface area (TPSA) is 50.1 Å². The third kappa shape index (κ3) is 3.42. The van der Waals surface area contributed by atoms with Crippen LogP contribution in [0.25, 0.3) is 0 Å². The highest BCUT2D eigenvalue weighted by atomic mass is 16.3. The maximum atomic E-state index is 9.11. The monoisotopic (exact) mass is 245 g/mol. The summed E-state index contributed by atoms with van der Waals surface area (Å²) in [6.07, 6.45) is 5.56. The number of imidazole rings is 1. The molecule has 0 aliphatic carbocycles. The van der Waals surface area contributed by atoms with Crippen molar-refractivity contribution < 1.29 is 5.11 Å². The molecule has 0 amide bonds. The summed E-state index contributed by atoms with van der Waals surface area (Å²) in [5.74, 6) is 0. The van der Waals surface area contributed by atoms with E-state index < -0.39 is 0 Å². The molecule has 0 saturated carbocycles. The lowest BCUT2D eigenvalue weighted by Gasteiger charge is -2.15. The largest absolute Gasteiger partial charge is 0.392 e. The predicted octanol–water partition coefficient (Wildman–Crippen LogP) is 1.73. The maximum absolute atomic E-state index is 9.11. The fraction of sp³-hybridized carbons (Fsp3) is 0.357. The lowest BCUT2D eigenvalue weighted by atomic mass is 10.1. The Bertz CT molecular complexity index is 468. The number of nitrogens with zero attached hydrogens (tertiary/aromatic N) is 2. The molecular formula is C14H19N3O. The van der Waals surface area contributed by atoms with E-state index in [1.165, 1.54) is 5.56 Å². The van der Waals surface area contributed by atoms with Gasteiger partial charge in [0.15, 0.2) is 0 Å². The number of benzene rings is 1. The van der Waals surface area contributed by atoms with Gasteiger partial charge in [0.05, 0.1) is 12.9 Å². The second-order valence-corrected chi connectivity index (χ2v) is 4.38. The van der Waals surface area contributed by atoms with Crippen molar-refractivity contribution >= 4 is 0 Å². The summed E-state index contributed by atoms with van der Waals surface area (Å²) in [6.45, 7) is 4.02. The van der Waals surface area contributed by atoms with Gasteiger partial charge in [0.1, 0.15) is 0 Å². The smallest absolute Gasteiger partial charge is 0.0946 e. The molecule has 2 aromatic rings. The van der Waals surface area contributed by atoms with E-state index in [2.05, 4.69) is 23.3 Å². The standard InChI is InChI=1S/C14H19N3O/c1-12(14-4-2-3-13(9-14)10-18)16-6-8-17-7-5-15-11-17/h2-5,7,9,11-12,16,18H,6,8,10H2,1H3. The van der Waals surface area contributed by atoms with Gasteiger partial charge in [0, 0.05) is 31.5 Å². The molecule has 2 N–H and O–H groups in total. The highest BCUT2D eigenvalue weighted by molar-refractivity contribution is 5.25. The third-order valence-electron chi connectivity index (χ3n) is 3.01. The molecular weight excluding hydrogens is 226 g/mol. The van der Waals surface area contributed by atoms with E-state index in [1.54, 1.807) is 6.20 Å². The van der Waals surface area contributed by atoms with Gasteiger partial charge in [-0.3, -0.25) is 0 Å². The SMILES string of the molecule is CC(NCCn1ccnc1)c1cccc(CO)c1. The van der Waals surface area contributed by atoms with Gasteiger partial charge in [-0.1, -0.05) is 24.3 Å². The summed E-state index contributed by atoms with van der Waals surface area (Å²) in [5, 5.41) is 12.6. The average molecular weight is 245 g/mol. The molecule has 2 rings (SSSR count). The van der Waals surface area contributed by atoms with Crippen LogP contribution in [0.3, 0.4) is 0 Å². The number of aliphatic hydroxyl groups excluding tert-OH is 1. The minimum absolute atomic E-state index is 0.0929. The summed E-state index contributed by atoms with van der Waals surface area (Å²) in [4.78, 5) is 4.01. The van der Waals surface area contributed by atoms with Gasteiger partial charge >= 0.3 is 0 Å². The molecule has 4 heteroatoms. The number of rotatable bonds is 6. The average Bonchev–Trinajstić information content (AvgIpc) is 2.92. The minimum Gasteiger partial charge on any atom is -0.392 e. The van der Waals surface area contributed by atoms with Crippen LogP contribution in [0, 0.1) is 0 Å². The Morgan fingerprint density at radius 1 is 1.44 bits per heavy atom. The van der Waals surface area contributed by atoms with Crippen molar-refractivity contribution in [3.63, 3.8) is 0 Å². The Hall–Kier alpha value is -1.65. The first-order chi connectivity index (χ1) is 8.79. The summed E-state index contributed by atoms with van der Waals surface area (Å²) in [7, 11) is 0. The number of hydrogen-bond donors (Lipinski definition) is 2. The van der Waals surface area contributed by atoms with E-state index in [0.29, 0.717) is 0 Å². The van der Waals surface area contributed by atoms with Gasteiger partial charge in [0.2, 0.25) is 0 Å². The second-order valence-electron chi connectivity index (χ2n) is 4.38. The van der Waals surface area contributed by atoms with Crippen LogP contribution >= 0.6 is 0 Å². The zero-order valence-corrected chi connectivity index (χ0v) is 10.6. The quantitative estimate of drug-likeness (QED) is 0.815. The van der Waals surface area contributed by atoms with Crippen LogP contribution in [0.2, 0.25) is 0 Å². The molecule has 18 heavy (non-hydrogen) atoms. The van der Waals surface area contributed by atoms with Crippen LogP contribution in [0.1, 0.15) is 24.1 Å². The Labute approximate surface area is 107 Å². The molecule has 0 bridgehead atoms. The van der Waals surface area contributed by atoms with Crippen molar-refractivity contribution in [2.75, 3.05) is 6.54 Å². The summed E-state index contributed by atoms with van der Waals surface area (Å²) in [6, 6.07) is 8.31. The number of hydrogen-bond acceptors (Lipinski definition) is 3. The molecule has 1 aromatic heterocycles. The highest BCUT2D eigenvalue weighted by Crippen LogP contribution is 2.13. The molecule has 0 radical (unpaired) electrons. The van der Waals surface area contributed by atoms with E-state index in [9.17, 15) is 0 Å². The van der Waals surface area contributed by atoms with Gasteiger partial charge in [0.25, 0.3) is 0 Å². The molecule has 0 fully saturated rings. The predicted molar refractivity (Wildman–Crippen MR) is 71.0 cm³/mol. The molecule has 0 spiro atoms. The molecule has 1 atom stereocenters. The normalized spacial score (nSPS) is 12.6. The van der Waals surface area contributed by atoms with Crippen molar-refractivity contribution in [1.29, 1.82) is 0 Å². The van der Waals surface area contributed by atoms with E-state index >= 15 is 0 Å². The first kappa shape index (κ1) is 12.8. The van der Waals surface area contributed by atoms with Gasteiger partial charge in [-0.15, -0.1) is 0 Å². The van der Waals surface area contributed by atoms with Gasteiger partial charge in [-0.25, -0.2) is 4.98 Å². The molecule has 0 saturated heterocycles. The van der Waals surface area contributed by atoms with Gasteiger partial charge in [-0.05, 0) is 18.1 Å². The lowest BCUT2D eigenvalue weighted by molar-refractivity contribution is 0.281. The molecule has 4 nitrogen and oxygen atoms in total. The van der Waals surface area contributed by atoms with E-state index in [-0.39, 0.29) is 12.6 Å². The Morgan fingerprint density at radius 3 is 3.06 bits per heavy atom. The third-order valence-corrected chi connectivity index (χ3v) is 3.01. The van der Waals surface area contributed by atoms with Gasteiger partial charge < -0.3 is 15.0 Å². The molecule has 0 aliphatic rings. The van der Waals surface area contributed by atoms with Gasteiger partial charge in [-0.2, -0.15) is 0 Å². The van der Waals surface area contributed by atoms with Crippen LogP contribution in [-0.2, 0) is 13.2 Å². The summed E-state index contributed by atoms with van der Waals surface area (Å²) in [5.41, 5.74) is 2.16. The second kappa shape index (κ2) is 6.33. The Morgan fingerprint density at radius 2 is 2.33 bits per heavy atom. The van der Waals surface area contributed by atoms with E-state index in [4.69, 9.17) is 5.11 Å². The highest BCUT2D eigenvalue weighted by Gasteiger charge is 2.04. The summed E-state index contributed by atoms with van der Waals surface area (Å²) >= 11 is 0. The van der Waals surface area contributed by atoms with Crippen molar-refractivity contribution in [2.45, 2.75) is 26.1 Å². The summed E-state index contributed by atoms with van der Waals surface area (Å²) < 4.78 is 2.05. The maximum Gasteiger partial charge on any atom is 0.0946 e.